The molecule has 0 atom stereocenters. The molecule has 0 heterocycles. The van der Waals surface area contributed by atoms with E-state index in [1.54, 1.807) is 6.92 Å². The van der Waals surface area contributed by atoms with Gasteiger partial charge in [0.2, 0.25) is 0 Å². The van der Waals surface area contributed by atoms with Gasteiger partial charge in [-0.25, -0.2) is 4.39 Å². The van der Waals surface area contributed by atoms with E-state index in [2.05, 4.69) is 0 Å². The Labute approximate surface area is 79.7 Å². The van der Waals surface area contributed by atoms with E-state index in [9.17, 15) is 17.6 Å². The Morgan fingerprint density at radius 1 is 1.29 bits per heavy atom. The molecule has 0 aliphatic heterocycles. The van der Waals surface area contributed by atoms with Gasteiger partial charge >= 0.3 is 6.18 Å². The summed E-state index contributed by atoms with van der Waals surface area (Å²) in [6.07, 6.45) is -2.95. The Kier molecular flexibility index (Phi) is 5.45. The third kappa shape index (κ3) is 5.01. The number of hydrogen-bond donors (Lipinski definition) is 1. The van der Waals surface area contributed by atoms with Gasteiger partial charge in [-0.05, 0) is 12.5 Å². The summed E-state index contributed by atoms with van der Waals surface area (Å²) in [4.78, 5) is 0. The summed E-state index contributed by atoms with van der Waals surface area (Å²) in [5, 5.41) is 8.23. The fourth-order valence-corrected chi connectivity index (χ4v) is 0.833. The SMILES string of the molecule is CCC/C(=C\C=C(\F)CO)C(F)(F)F. The highest BCUT2D eigenvalue weighted by molar-refractivity contribution is 5.18. The molecule has 0 saturated heterocycles. The molecular weight excluding hydrogens is 200 g/mol. The van der Waals surface area contributed by atoms with Crippen LogP contribution in [0.15, 0.2) is 23.6 Å². The molecule has 0 spiro atoms. The van der Waals surface area contributed by atoms with Gasteiger partial charge in [0.05, 0.1) is 6.61 Å². The van der Waals surface area contributed by atoms with E-state index in [-0.39, 0.29) is 6.42 Å². The quantitative estimate of drug-likeness (QED) is 0.560. The first-order valence-corrected chi connectivity index (χ1v) is 4.15. The summed E-state index contributed by atoms with van der Waals surface area (Å²) >= 11 is 0. The first kappa shape index (κ1) is 13.2. The lowest BCUT2D eigenvalue weighted by Crippen LogP contribution is -2.11. The van der Waals surface area contributed by atoms with Crippen LogP contribution in [0.2, 0.25) is 0 Å². The molecule has 0 radical (unpaired) electrons. The van der Waals surface area contributed by atoms with Crippen LogP contribution in [0.5, 0.6) is 0 Å². The van der Waals surface area contributed by atoms with Crippen molar-refractivity contribution < 1.29 is 22.7 Å². The van der Waals surface area contributed by atoms with Crippen LogP contribution in [-0.2, 0) is 0 Å². The molecule has 0 fully saturated rings. The van der Waals surface area contributed by atoms with Gasteiger partial charge in [0, 0.05) is 5.57 Å². The van der Waals surface area contributed by atoms with Gasteiger partial charge in [0.25, 0.3) is 0 Å². The van der Waals surface area contributed by atoms with Crippen molar-refractivity contribution in [3.8, 4) is 0 Å². The molecule has 0 amide bonds. The van der Waals surface area contributed by atoms with Gasteiger partial charge < -0.3 is 5.11 Å². The first-order valence-electron chi connectivity index (χ1n) is 4.15. The summed E-state index contributed by atoms with van der Waals surface area (Å²) in [6, 6.07) is 0. The zero-order chi connectivity index (χ0) is 11.2. The number of halogens is 4. The van der Waals surface area contributed by atoms with Crippen molar-refractivity contribution in [1.29, 1.82) is 0 Å². The normalized spacial score (nSPS) is 14.7. The zero-order valence-corrected chi connectivity index (χ0v) is 7.74. The van der Waals surface area contributed by atoms with Crippen molar-refractivity contribution in [2.75, 3.05) is 6.61 Å². The Morgan fingerprint density at radius 2 is 1.86 bits per heavy atom. The fourth-order valence-electron chi connectivity index (χ4n) is 0.833. The average molecular weight is 212 g/mol. The van der Waals surface area contributed by atoms with Crippen LogP contribution in [0, 0.1) is 0 Å². The molecule has 0 aromatic rings. The van der Waals surface area contributed by atoms with Gasteiger partial charge in [-0.1, -0.05) is 19.4 Å². The highest BCUT2D eigenvalue weighted by Crippen LogP contribution is 2.29. The summed E-state index contributed by atoms with van der Waals surface area (Å²) in [7, 11) is 0. The largest absolute Gasteiger partial charge is 0.412 e. The maximum absolute atomic E-state index is 12.3. The number of alkyl halides is 3. The monoisotopic (exact) mass is 212 g/mol. The molecule has 14 heavy (non-hydrogen) atoms. The number of rotatable bonds is 4. The second-order valence-corrected chi connectivity index (χ2v) is 2.71. The number of aliphatic hydroxyl groups excluding tert-OH is 1. The summed E-state index contributed by atoms with van der Waals surface area (Å²) in [5.41, 5.74) is -0.788. The Balaban J connectivity index is 4.66. The standard InChI is InChI=1S/C9H12F4O/c1-2-3-7(9(11,12)13)4-5-8(10)6-14/h4-5,14H,2-3,6H2,1H3/b7-4+,8-5+. The summed E-state index contributed by atoms with van der Waals surface area (Å²) in [6.45, 7) is 0.722. The van der Waals surface area contributed by atoms with Gasteiger partial charge in [0.1, 0.15) is 5.83 Å². The molecule has 0 aliphatic carbocycles. The molecule has 0 unspecified atom stereocenters. The van der Waals surface area contributed by atoms with Crippen molar-refractivity contribution in [3.63, 3.8) is 0 Å². The predicted octanol–water partition coefficient (Wildman–Crippen LogP) is 3.12. The molecule has 82 valence electrons. The van der Waals surface area contributed by atoms with Crippen LogP contribution < -0.4 is 0 Å². The van der Waals surface area contributed by atoms with Gasteiger partial charge in [-0.3, -0.25) is 0 Å². The van der Waals surface area contributed by atoms with E-state index < -0.39 is 24.2 Å². The number of allylic oxidation sites excluding steroid dienone is 3. The van der Waals surface area contributed by atoms with Crippen molar-refractivity contribution >= 4 is 0 Å². The van der Waals surface area contributed by atoms with E-state index in [1.807, 2.05) is 0 Å². The molecule has 0 aromatic carbocycles. The van der Waals surface area contributed by atoms with Gasteiger partial charge in [-0.15, -0.1) is 0 Å². The maximum atomic E-state index is 12.3. The van der Waals surface area contributed by atoms with Crippen molar-refractivity contribution in [1.82, 2.24) is 0 Å². The van der Waals surface area contributed by atoms with E-state index in [0.717, 1.165) is 0 Å². The Bertz CT molecular complexity index is 227. The van der Waals surface area contributed by atoms with Gasteiger partial charge in [-0.2, -0.15) is 13.2 Å². The van der Waals surface area contributed by atoms with E-state index in [4.69, 9.17) is 5.11 Å². The molecular formula is C9H12F4O. The van der Waals surface area contributed by atoms with Gasteiger partial charge in [0.15, 0.2) is 0 Å². The highest BCUT2D eigenvalue weighted by atomic mass is 19.4. The molecule has 1 nitrogen and oxygen atoms in total. The second kappa shape index (κ2) is 5.80. The van der Waals surface area contributed by atoms with Crippen LogP contribution in [0.3, 0.4) is 0 Å². The lowest BCUT2D eigenvalue weighted by atomic mass is 10.1. The minimum atomic E-state index is -4.43. The topological polar surface area (TPSA) is 20.2 Å². The van der Waals surface area contributed by atoms with E-state index >= 15 is 0 Å². The number of aliphatic hydroxyl groups is 1. The molecule has 0 aliphatic rings. The van der Waals surface area contributed by atoms with E-state index in [1.165, 1.54) is 0 Å². The number of hydrogen-bond acceptors (Lipinski definition) is 1. The summed E-state index contributed by atoms with van der Waals surface area (Å²) < 4.78 is 48.9. The lowest BCUT2D eigenvalue weighted by molar-refractivity contribution is -0.0940. The minimum absolute atomic E-state index is 0.154. The maximum Gasteiger partial charge on any atom is 0.412 e. The van der Waals surface area contributed by atoms with Crippen LogP contribution in [0.25, 0.3) is 0 Å². The van der Waals surface area contributed by atoms with E-state index in [0.29, 0.717) is 18.6 Å². The third-order valence-corrected chi connectivity index (χ3v) is 1.50. The third-order valence-electron chi connectivity index (χ3n) is 1.50. The molecule has 0 aromatic heterocycles. The highest BCUT2D eigenvalue weighted by Gasteiger charge is 2.31. The van der Waals surface area contributed by atoms with Crippen LogP contribution in [0.1, 0.15) is 19.8 Å². The molecule has 0 rings (SSSR count). The molecule has 0 bridgehead atoms. The first-order chi connectivity index (χ1) is 6.41. The average Bonchev–Trinajstić information content (AvgIpc) is 2.09. The smallest absolute Gasteiger partial charge is 0.389 e. The Hall–Kier alpha value is -0.840. The second-order valence-electron chi connectivity index (χ2n) is 2.71. The van der Waals surface area contributed by atoms with Crippen molar-refractivity contribution in [3.05, 3.63) is 23.6 Å². The summed E-state index contributed by atoms with van der Waals surface area (Å²) in [5.74, 6) is -0.983. The fraction of sp³-hybridized carbons (Fsp3) is 0.556. The minimum Gasteiger partial charge on any atom is -0.389 e. The Morgan fingerprint density at radius 3 is 2.21 bits per heavy atom. The van der Waals surface area contributed by atoms with Crippen molar-refractivity contribution in [2.45, 2.75) is 25.9 Å². The molecule has 0 saturated carbocycles. The molecule has 5 heteroatoms. The van der Waals surface area contributed by atoms with Crippen LogP contribution in [-0.4, -0.2) is 17.9 Å². The molecule has 1 N–H and O–H groups in total. The van der Waals surface area contributed by atoms with Crippen molar-refractivity contribution in [2.24, 2.45) is 0 Å². The predicted molar refractivity (Wildman–Crippen MR) is 45.3 cm³/mol. The lowest BCUT2D eigenvalue weighted by Gasteiger charge is -2.09. The zero-order valence-electron chi connectivity index (χ0n) is 7.74. The van der Waals surface area contributed by atoms with Crippen LogP contribution in [0.4, 0.5) is 17.6 Å². The van der Waals surface area contributed by atoms with Crippen LogP contribution >= 0.6 is 0 Å².